The van der Waals surface area contributed by atoms with Crippen molar-refractivity contribution >= 4 is 45.8 Å². The number of sulfonamides is 1. The molecule has 3 fully saturated rings. The second-order valence-corrected chi connectivity index (χ2v) is 16.5. The van der Waals surface area contributed by atoms with Crippen LogP contribution in [0.15, 0.2) is 36.9 Å². The van der Waals surface area contributed by atoms with Crippen molar-refractivity contribution in [3.05, 3.63) is 53.6 Å². The standard InChI is InChI=1S/C36H47N5O8S/c1-4-25-18-36(25,34(45)39-50(47,48)27-15-16-27)38-32(43)29-17-26-20-41(29)33(44)31(22(2)3)37-30(42)14-9-7-5-6-8-11-23-12-10-13-24-19-40(21-28(23)24)35(46)49-26/h4,8,10-13,22,25-27,29,31H,1,5-7,9,14-21H2,2-3H3,(H,37,42)(H,38,43)(H,39,45)/b11-8-/t25-,26-,29+,31+,36+/m1/s1. The summed E-state index contributed by atoms with van der Waals surface area (Å²) in [5.41, 5.74) is 1.54. The van der Waals surface area contributed by atoms with E-state index >= 15 is 0 Å². The number of hydrogen-bond acceptors (Lipinski definition) is 8. The largest absolute Gasteiger partial charge is 0.444 e. The van der Waals surface area contributed by atoms with Crippen molar-refractivity contribution in [3.8, 4) is 0 Å². The minimum Gasteiger partial charge on any atom is -0.444 e. The molecule has 0 aromatic heterocycles. The first-order valence-corrected chi connectivity index (χ1v) is 19.2. The van der Waals surface area contributed by atoms with Crippen molar-refractivity contribution in [2.24, 2.45) is 11.8 Å². The monoisotopic (exact) mass is 709 g/mol. The van der Waals surface area contributed by atoms with Gasteiger partial charge in [-0.05, 0) is 61.1 Å². The molecule has 0 spiro atoms. The summed E-state index contributed by atoms with van der Waals surface area (Å²) in [4.78, 5) is 71.1. The topological polar surface area (TPSA) is 171 Å². The van der Waals surface area contributed by atoms with E-state index in [4.69, 9.17) is 4.74 Å². The molecule has 3 aliphatic heterocycles. The van der Waals surface area contributed by atoms with Gasteiger partial charge in [-0.3, -0.25) is 28.8 Å². The van der Waals surface area contributed by atoms with Gasteiger partial charge < -0.3 is 20.3 Å². The van der Waals surface area contributed by atoms with E-state index in [-0.39, 0.29) is 37.6 Å². The van der Waals surface area contributed by atoms with E-state index in [0.717, 1.165) is 36.0 Å². The van der Waals surface area contributed by atoms with Crippen molar-refractivity contribution in [2.45, 2.75) is 114 Å². The first-order chi connectivity index (χ1) is 23.8. The smallest absolute Gasteiger partial charge is 0.410 e. The number of amides is 5. The highest BCUT2D eigenvalue weighted by Gasteiger charge is 2.62. The third-order valence-corrected chi connectivity index (χ3v) is 12.3. The van der Waals surface area contributed by atoms with Crippen molar-refractivity contribution < 1.29 is 37.1 Å². The van der Waals surface area contributed by atoms with Crippen molar-refractivity contribution in [2.75, 3.05) is 6.54 Å². The molecule has 2 saturated carbocycles. The van der Waals surface area contributed by atoms with Gasteiger partial charge in [0, 0.05) is 25.3 Å². The molecule has 1 aromatic carbocycles. The van der Waals surface area contributed by atoms with Crippen LogP contribution in [0.5, 0.6) is 0 Å². The van der Waals surface area contributed by atoms with E-state index in [1.165, 1.54) is 11.0 Å². The van der Waals surface area contributed by atoms with E-state index in [1.807, 2.05) is 18.2 Å². The fourth-order valence-electron chi connectivity index (χ4n) is 7.22. The highest BCUT2D eigenvalue weighted by molar-refractivity contribution is 7.91. The predicted molar refractivity (Wildman–Crippen MR) is 184 cm³/mol. The Balaban J connectivity index is 1.25. The van der Waals surface area contributed by atoms with Crippen LogP contribution in [0.25, 0.3) is 6.08 Å². The SMILES string of the molecule is C=C[C@@H]1C[C@@]1(NC(=O)[C@@H]1C[C@@H]2CN1C(=O)[C@H](C(C)C)NC(=O)CCCCC/C=C\c1cccc3c1CN(C3)C(=O)O2)C(=O)NS(=O)(=O)C1CC1. The molecule has 0 radical (unpaired) electrons. The van der Waals surface area contributed by atoms with E-state index in [1.54, 1.807) is 18.7 Å². The number of allylic oxidation sites excluding steroid dienone is 1. The maximum absolute atomic E-state index is 14.2. The molecule has 13 nitrogen and oxygen atoms in total. The summed E-state index contributed by atoms with van der Waals surface area (Å²) in [6.07, 6.45) is 8.74. The van der Waals surface area contributed by atoms with E-state index < -0.39 is 68.7 Å². The van der Waals surface area contributed by atoms with Gasteiger partial charge in [-0.25, -0.2) is 13.2 Å². The number of hydrogen-bond donors (Lipinski definition) is 3. The number of ether oxygens (including phenoxy) is 1. The third-order valence-electron chi connectivity index (χ3n) is 10.5. The van der Waals surface area contributed by atoms with Crippen LogP contribution >= 0.6 is 0 Å². The van der Waals surface area contributed by atoms with Gasteiger partial charge in [-0.2, -0.15) is 0 Å². The van der Waals surface area contributed by atoms with Gasteiger partial charge in [0.05, 0.1) is 18.3 Å². The van der Waals surface area contributed by atoms with Gasteiger partial charge in [0.1, 0.15) is 23.7 Å². The Labute approximate surface area is 293 Å². The Kier molecular flexibility index (Phi) is 10.1. The van der Waals surface area contributed by atoms with Gasteiger partial charge in [0.15, 0.2) is 0 Å². The van der Waals surface area contributed by atoms with Crippen LogP contribution in [-0.4, -0.2) is 83.5 Å². The summed E-state index contributed by atoms with van der Waals surface area (Å²) in [7, 11) is -3.89. The molecule has 270 valence electrons. The molecular weight excluding hydrogens is 662 g/mol. The van der Waals surface area contributed by atoms with Crippen LogP contribution in [0, 0.1) is 11.8 Å². The minimum absolute atomic E-state index is 0.0479. The fourth-order valence-corrected chi connectivity index (χ4v) is 8.58. The Bertz CT molecular complexity index is 1710. The number of nitrogens with zero attached hydrogens (tertiary/aromatic N) is 2. The highest BCUT2D eigenvalue weighted by Crippen LogP contribution is 2.45. The number of carbonyl (C=O) groups excluding carboxylic acids is 5. The molecule has 50 heavy (non-hydrogen) atoms. The van der Waals surface area contributed by atoms with Crippen LogP contribution in [-0.2, 0) is 47.0 Å². The van der Waals surface area contributed by atoms with Crippen LogP contribution in [0.1, 0.15) is 88.3 Å². The molecule has 5 amide bonds. The first kappa shape index (κ1) is 35.6. The van der Waals surface area contributed by atoms with E-state index in [2.05, 4.69) is 34.1 Å². The Morgan fingerprint density at radius 2 is 1.90 bits per heavy atom. The quantitative estimate of drug-likeness (QED) is 0.363. The lowest BCUT2D eigenvalue weighted by molar-refractivity contribution is -0.143. The molecule has 5 atom stereocenters. The van der Waals surface area contributed by atoms with Gasteiger partial charge >= 0.3 is 6.09 Å². The summed E-state index contributed by atoms with van der Waals surface area (Å²) < 4.78 is 33.3. The first-order valence-electron chi connectivity index (χ1n) is 17.7. The average molecular weight is 710 g/mol. The summed E-state index contributed by atoms with van der Waals surface area (Å²) in [5.74, 6) is -3.15. The molecule has 0 unspecified atom stereocenters. The Morgan fingerprint density at radius 1 is 1.12 bits per heavy atom. The summed E-state index contributed by atoms with van der Waals surface area (Å²) in [5, 5.41) is 4.98. The van der Waals surface area contributed by atoms with Crippen molar-refractivity contribution in [1.82, 2.24) is 25.2 Å². The van der Waals surface area contributed by atoms with E-state index in [0.29, 0.717) is 32.4 Å². The predicted octanol–water partition coefficient (Wildman–Crippen LogP) is 2.90. The van der Waals surface area contributed by atoms with Crippen LogP contribution in [0.3, 0.4) is 0 Å². The van der Waals surface area contributed by atoms with Gasteiger partial charge in [-0.1, -0.05) is 56.7 Å². The number of carbonyl (C=O) groups is 5. The lowest BCUT2D eigenvalue weighted by Crippen LogP contribution is -2.59. The zero-order chi connectivity index (χ0) is 35.8. The molecule has 2 aliphatic carbocycles. The molecule has 1 aromatic rings. The second kappa shape index (κ2) is 14.2. The van der Waals surface area contributed by atoms with Crippen LogP contribution in [0.2, 0.25) is 0 Å². The Hall–Kier alpha value is -4.20. The van der Waals surface area contributed by atoms with Crippen LogP contribution < -0.4 is 15.4 Å². The zero-order valence-electron chi connectivity index (χ0n) is 28.7. The summed E-state index contributed by atoms with van der Waals surface area (Å²) >= 11 is 0. The lowest BCUT2D eigenvalue weighted by Gasteiger charge is -2.31. The zero-order valence-corrected chi connectivity index (χ0v) is 29.5. The molecule has 6 rings (SSSR count). The van der Waals surface area contributed by atoms with Gasteiger partial charge in [0.25, 0.3) is 5.91 Å². The molecule has 14 heteroatoms. The maximum Gasteiger partial charge on any atom is 0.410 e. The summed E-state index contributed by atoms with van der Waals surface area (Å²) in [6.45, 7) is 7.97. The molecule has 3 N–H and O–H groups in total. The van der Waals surface area contributed by atoms with Gasteiger partial charge in [-0.15, -0.1) is 6.58 Å². The minimum atomic E-state index is -3.89. The number of rotatable bonds is 7. The normalized spacial score (nSPS) is 29.5. The maximum atomic E-state index is 14.2. The van der Waals surface area contributed by atoms with E-state index in [9.17, 15) is 32.4 Å². The summed E-state index contributed by atoms with van der Waals surface area (Å²) in [6, 6.07) is 3.85. The van der Waals surface area contributed by atoms with Crippen molar-refractivity contribution in [1.29, 1.82) is 0 Å². The number of fused-ring (bicyclic) bond motifs is 3. The molecule has 1 saturated heterocycles. The molecule has 5 aliphatic rings. The number of benzene rings is 1. The second-order valence-electron chi connectivity index (χ2n) is 14.6. The molecular formula is C36H47N5O8S. The molecule has 4 bridgehead atoms. The highest BCUT2D eigenvalue weighted by atomic mass is 32.2. The third kappa shape index (κ3) is 7.45. The molecule has 3 heterocycles. The average Bonchev–Trinajstić information content (AvgIpc) is 3.96. The Morgan fingerprint density at radius 3 is 2.60 bits per heavy atom. The fraction of sp³-hybridized carbons (Fsp3) is 0.583. The van der Waals surface area contributed by atoms with Gasteiger partial charge in [0.2, 0.25) is 27.7 Å². The lowest BCUT2D eigenvalue weighted by atomic mass is 10.0. The van der Waals surface area contributed by atoms with Crippen molar-refractivity contribution in [3.63, 3.8) is 0 Å². The number of nitrogens with one attached hydrogen (secondary N) is 3. The van der Waals surface area contributed by atoms with Crippen LogP contribution in [0.4, 0.5) is 4.79 Å².